The molecule has 0 saturated heterocycles. The normalized spacial score (nSPS) is 11.2. The van der Waals surface area contributed by atoms with Gasteiger partial charge in [0.15, 0.2) is 8.07 Å². The number of hydrogen-bond donors (Lipinski definition) is 0. The summed E-state index contributed by atoms with van der Waals surface area (Å²) >= 11 is 0. The molecule has 244 valence electrons. The Hall–Kier alpha value is -6.22. The van der Waals surface area contributed by atoms with Crippen LogP contribution in [0.4, 0.5) is 17.1 Å². The Morgan fingerprint density at radius 3 is 0.941 bits per heavy atom. The molecule has 0 heterocycles. The van der Waals surface area contributed by atoms with E-state index in [0.29, 0.717) is 0 Å². The van der Waals surface area contributed by atoms with E-state index in [1.165, 1.54) is 48.6 Å². The van der Waals surface area contributed by atoms with Gasteiger partial charge in [-0.1, -0.05) is 188 Å². The van der Waals surface area contributed by atoms with Gasteiger partial charge in [-0.15, -0.1) is 0 Å². The number of hydrogen-bond acceptors (Lipinski definition) is 1. The van der Waals surface area contributed by atoms with Crippen LogP contribution < -0.4 is 25.6 Å². The summed E-state index contributed by atoms with van der Waals surface area (Å²) in [7, 11) is -2.72. The minimum absolute atomic E-state index is 1.13. The van der Waals surface area contributed by atoms with Crippen molar-refractivity contribution in [3.8, 4) is 22.3 Å². The topological polar surface area (TPSA) is 3.24 Å². The van der Waals surface area contributed by atoms with E-state index in [1.807, 2.05) is 0 Å². The van der Waals surface area contributed by atoms with Crippen molar-refractivity contribution in [2.24, 2.45) is 0 Å². The zero-order chi connectivity index (χ0) is 34.5. The number of anilines is 3. The van der Waals surface area contributed by atoms with Crippen molar-refractivity contribution in [1.82, 2.24) is 0 Å². The van der Waals surface area contributed by atoms with Crippen LogP contribution >= 0.6 is 0 Å². The zero-order valence-electron chi connectivity index (χ0n) is 28.7. The van der Waals surface area contributed by atoms with E-state index in [4.69, 9.17) is 0 Å². The van der Waals surface area contributed by atoms with Crippen molar-refractivity contribution in [2.45, 2.75) is 6.92 Å². The van der Waals surface area contributed by atoms with Crippen LogP contribution in [-0.2, 0) is 0 Å². The third kappa shape index (κ3) is 6.34. The first-order chi connectivity index (χ1) is 25.2. The molecule has 0 radical (unpaired) electrons. The molecule has 0 amide bonds. The fourth-order valence-electron chi connectivity index (χ4n) is 7.35. The molecule has 8 aromatic rings. The lowest BCUT2D eigenvalue weighted by Crippen LogP contribution is -2.74. The quantitative estimate of drug-likeness (QED) is 0.109. The second kappa shape index (κ2) is 14.3. The molecule has 8 rings (SSSR count). The SMILES string of the molecule is Cc1ccc(-c2ccc(-c3ccc([Si](c4ccccc4)(c4ccccc4)c4ccc(N(c5ccccc5)c5ccccc5)cc4)cc3)cc2)cc1. The Balaban J connectivity index is 1.24. The van der Waals surface area contributed by atoms with Crippen molar-refractivity contribution >= 4 is 45.9 Å². The number of nitrogens with zero attached hydrogens (tertiary/aromatic N) is 1. The van der Waals surface area contributed by atoms with E-state index in [1.54, 1.807) is 0 Å². The van der Waals surface area contributed by atoms with Crippen LogP contribution in [0.2, 0.25) is 0 Å². The second-order valence-electron chi connectivity index (χ2n) is 13.1. The highest BCUT2D eigenvalue weighted by atomic mass is 28.3. The van der Waals surface area contributed by atoms with Crippen molar-refractivity contribution < 1.29 is 0 Å². The Kier molecular flexibility index (Phi) is 8.99. The van der Waals surface area contributed by atoms with Crippen molar-refractivity contribution in [2.75, 3.05) is 4.90 Å². The lowest BCUT2D eigenvalue weighted by molar-refractivity contribution is 1.28. The molecular weight excluding hydrogens is 631 g/mol. The van der Waals surface area contributed by atoms with Crippen LogP contribution in [0.25, 0.3) is 22.3 Å². The average molecular weight is 670 g/mol. The van der Waals surface area contributed by atoms with Gasteiger partial charge in [-0.2, -0.15) is 0 Å². The third-order valence-corrected chi connectivity index (χ3v) is 14.7. The second-order valence-corrected chi connectivity index (χ2v) is 16.9. The highest BCUT2D eigenvalue weighted by Gasteiger charge is 2.41. The van der Waals surface area contributed by atoms with Crippen molar-refractivity contribution in [1.29, 1.82) is 0 Å². The van der Waals surface area contributed by atoms with Gasteiger partial charge >= 0.3 is 0 Å². The third-order valence-electron chi connectivity index (χ3n) is 9.92. The molecule has 0 atom stereocenters. The first-order valence-corrected chi connectivity index (χ1v) is 19.6. The lowest BCUT2D eigenvalue weighted by atomic mass is 10.00. The summed E-state index contributed by atoms with van der Waals surface area (Å²) in [6, 6.07) is 79.9. The summed E-state index contributed by atoms with van der Waals surface area (Å²) in [4.78, 5) is 2.33. The van der Waals surface area contributed by atoms with Crippen LogP contribution in [0.3, 0.4) is 0 Å². The summed E-state index contributed by atoms with van der Waals surface area (Å²) in [5.41, 5.74) is 9.58. The first kappa shape index (κ1) is 32.0. The van der Waals surface area contributed by atoms with E-state index < -0.39 is 8.07 Å². The fraction of sp³-hybridized carbons (Fsp3) is 0.0204. The van der Waals surface area contributed by atoms with Crippen molar-refractivity contribution in [3.63, 3.8) is 0 Å². The maximum absolute atomic E-state index is 2.72. The lowest BCUT2D eigenvalue weighted by Gasteiger charge is -2.35. The summed E-state index contributed by atoms with van der Waals surface area (Å²) < 4.78 is 0. The molecule has 0 spiro atoms. The molecule has 51 heavy (non-hydrogen) atoms. The van der Waals surface area contributed by atoms with Gasteiger partial charge in [0.05, 0.1) is 0 Å². The van der Waals surface area contributed by atoms with E-state index in [-0.39, 0.29) is 0 Å². The maximum Gasteiger partial charge on any atom is 0.179 e. The molecule has 0 aliphatic heterocycles. The number of benzene rings is 8. The Labute approximate surface area is 302 Å². The molecule has 2 heteroatoms. The number of aryl methyl sites for hydroxylation is 1. The molecule has 0 aromatic heterocycles. The predicted octanol–water partition coefficient (Wildman–Crippen LogP) is 10.2. The average Bonchev–Trinajstić information content (AvgIpc) is 3.21. The molecule has 0 unspecified atom stereocenters. The van der Waals surface area contributed by atoms with Crippen LogP contribution in [0.5, 0.6) is 0 Å². The highest BCUT2D eigenvalue weighted by Crippen LogP contribution is 2.34. The van der Waals surface area contributed by atoms with Crippen LogP contribution in [0.15, 0.2) is 218 Å². The Bertz CT molecular complexity index is 2220. The van der Waals surface area contributed by atoms with Crippen LogP contribution in [0.1, 0.15) is 5.56 Å². The van der Waals surface area contributed by atoms with Crippen LogP contribution in [-0.4, -0.2) is 8.07 Å². The standard InChI is InChI=1S/C49H39NSi/c1-38-22-24-39(25-23-38)40-26-28-41(29-27-40)42-30-34-48(35-31-42)51(46-18-10-4-11-19-46,47-20-12-5-13-21-47)49-36-32-45(33-37-49)50(43-14-6-2-7-15-43)44-16-8-3-9-17-44/h2-37H,1H3. The number of para-hydroxylation sites is 2. The van der Waals surface area contributed by atoms with Gasteiger partial charge in [0.2, 0.25) is 0 Å². The molecule has 0 saturated carbocycles. The van der Waals surface area contributed by atoms with Gasteiger partial charge in [-0.25, -0.2) is 0 Å². The van der Waals surface area contributed by atoms with Crippen molar-refractivity contribution in [3.05, 3.63) is 224 Å². The van der Waals surface area contributed by atoms with Gasteiger partial charge in [0.25, 0.3) is 0 Å². The molecule has 8 aromatic carbocycles. The monoisotopic (exact) mass is 669 g/mol. The van der Waals surface area contributed by atoms with Gasteiger partial charge in [-0.3, -0.25) is 0 Å². The smallest absolute Gasteiger partial charge is 0.179 e. The summed E-state index contributed by atoms with van der Waals surface area (Å²) in [5.74, 6) is 0. The Morgan fingerprint density at radius 1 is 0.275 bits per heavy atom. The molecule has 0 fully saturated rings. The van der Waals surface area contributed by atoms with E-state index in [2.05, 4.69) is 230 Å². The minimum atomic E-state index is -2.72. The molecular formula is C49H39NSi. The molecule has 1 nitrogen and oxygen atoms in total. The molecule has 0 aliphatic carbocycles. The Morgan fingerprint density at radius 2 is 0.549 bits per heavy atom. The number of rotatable bonds is 9. The molecule has 0 aliphatic rings. The van der Waals surface area contributed by atoms with Crippen LogP contribution in [0, 0.1) is 6.92 Å². The van der Waals surface area contributed by atoms with Gasteiger partial charge in [-0.05, 0) is 86.3 Å². The van der Waals surface area contributed by atoms with Gasteiger partial charge < -0.3 is 4.90 Å². The first-order valence-electron chi connectivity index (χ1n) is 17.6. The highest BCUT2D eigenvalue weighted by molar-refractivity contribution is 7.19. The summed E-state index contributed by atoms with van der Waals surface area (Å²) in [6.45, 7) is 2.13. The van der Waals surface area contributed by atoms with Gasteiger partial charge in [0.1, 0.15) is 0 Å². The predicted molar refractivity (Wildman–Crippen MR) is 220 cm³/mol. The molecule has 0 N–H and O–H groups in total. The fourth-order valence-corrected chi connectivity index (χ4v) is 12.1. The minimum Gasteiger partial charge on any atom is -0.311 e. The maximum atomic E-state index is 2.38. The molecule has 0 bridgehead atoms. The summed E-state index contributed by atoms with van der Waals surface area (Å²) in [6.07, 6.45) is 0. The zero-order valence-corrected chi connectivity index (χ0v) is 29.7. The van der Waals surface area contributed by atoms with Gasteiger partial charge in [0, 0.05) is 17.1 Å². The van der Waals surface area contributed by atoms with E-state index in [9.17, 15) is 0 Å². The largest absolute Gasteiger partial charge is 0.311 e. The van der Waals surface area contributed by atoms with E-state index >= 15 is 0 Å². The van der Waals surface area contributed by atoms with E-state index in [0.717, 1.165) is 17.1 Å². The summed E-state index contributed by atoms with van der Waals surface area (Å²) in [5, 5.41) is 5.43.